The minimum atomic E-state index is -0.890. The quantitative estimate of drug-likeness (QED) is 0.768. The number of aromatic amines is 1. The first kappa shape index (κ1) is 14.1. The summed E-state index contributed by atoms with van der Waals surface area (Å²) in [5.41, 5.74) is 7.62. The van der Waals surface area contributed by atoms with Crippen LogP contribution in [0.15, 0.2) is 60.9 Å². The molecule has 1 heterocycles. The first-order valence-corrected chi connectivity index (χ1v) is 7.17. The molecule has 3 rings (SSSR count). The predicted molar refractivity (Wildman–Crippen MR) is 85.6 cm³/mol. The topological polar surface area (TPSA) is 54.7 Å². The molecule has 0 aliphatic heterocycles. The van der Waals surface area contributed by atoms with E-state index in [-0.39, 0.29) is 0 Å². The van der Waals surface area contributed by atoms with Gasteiger partial charge < -0.3 is 10.7 Å². The number of benzene rings is 2. The molecule has 0 radical (unpaired) electrons. The average Bonchev–Trinajstić information content (AvgIpc) is 3.02. The molecule has 0 bridgehead atoms. The van der Waals surface area contributed by atoms with E-state index in [1.54, 1.807) is 12.4 Å². The molecule has 3 nitrogen and oxygen atoms in total. The highest BCUT2D eigenvalue weighted by Crippen LogP contribution is 2.33. The SMILES string of the molecule is NC(c1ccc(Cl)cc1)(c1ccc(Cl)cc1)c1ncc[nH]1. The van der Waals surface area contributed by atoms with E-state index in [4.69, 9.17) is 28.9 Å². The summed E-state index contributed by atoms with van der Waals surface area (Å²) in [4.78, 5) is 7.44. The molecule has 0 saturated carbocycles. The van der Waals surface area contributed by atoms with Gasteiger partial charge in [-0.1, -0.05) is 47.5 Å². The Labute approximate surface area is 132 Å². The first-order chi connectivity index (χ1) is 10.1. The normalized spacial score (nSPS) is 11.6. The van der Waals surface area contributed by atoms with Gasteiger partial charge in [-0.15, -0.1) is 0 Å². The number of rotatable bonds is 3. The molecule has 0 amide bonds. The highest BCUT2D eigenvalue weighted by atomic mass is 35.5. The molecule has 2 aromatic carbocycles. The zero-order chi connectivity index (χ0) is 14.9. The molecule has 3 aromatic rings. The van der Waals surface area contributed by atoms with Crippen LogP contribution >= 0.6 is 23.2 Å². The maximum atomic E-state index is 6.73. The van der Waals surface area contributed by atoms with E-state index < -0.39 is 5.54 Å². The molecule has 0 aliphatic rings. The molecule has 0 fully saturated rings. The molecule has 0 unspecified atom stereocenters. The maximum Gasteiger partial charge on any atom is 0.135 e. The summed E-state index contributed by atoms with van der Waals surface area (Å²) in [5.74, 6) is 0.659. The summed E-state index contributed by atoms with van der Waals surface area (Å²) in [6.45, 7) is 0. The number of halogens is 2. The number of hydrogen-bond acceptors (Lipinski definition) is 2. The van der Waals surface area contributed by atoms with Crippen molar-refractivity contribution in [1.29, 1.82) is 0 Å². The minimum Gasteiger partial charge on any atom is -0.346 e. The first-order valence-electron chi connectivity index (χ1n) is 6.41. The number of imidazole rings is 1. The summed E-state index contributed by atoms with van der Waals surface area (Å²) in [7, 11) is 0. The maximum absolute atomic E-state index is 6.73. The number of nitrogens with one attached hydrogen (secondary N) is 1. The van der Waals surface area contributed by atoms with Crippen LogP contribution in [0.1, 0.15) is 17.0 Å². The Kier molecular flexibility index (Phi) is 3.72. The number of nitrogens with zero attached hydrogens (tertiary/aromatic N) is 1. The van der Waals surface area contributed by atoms with Crippen LogP contribution in [0.5, 0.6) is 0 Å². The van der Waals surface area contributed by atoms with E-state index >= 15 is 0 Å². The largest absolute Gasteiger partial charge is 0.346 e. The van der Waals surface area contributed by atoms with Crippen molar-refractivity contribution in [3.63, 3.8) is 0 Å². The fraction of sp³-hybridized carbons (Fsp3) is 0.0625. The molecule has 1 aromatic heterocycles. The fourth-order valence-corrected chi connectivity index (χ4v) is 2.60. The van der Waals surface area contributed by atoms with Crippen molar-refractivity contribution < 1.29 is 0 Å². The molecule has 3 N–H and O–H groups in total. The molecule has 21 heavy (non-hydrogen) atoms. The summed E-state index contributed by atoms with van der Waals surface area (Å²) >= 11 is 11.9. The van der Waals surface area contributed by atoms with Crippen LogP contribution in [0.2, 0.25) is 10.0 Å². The Morgan fingerprint density at radius 3 is 1.71 bits per heavy atom. The number of H-pyrrole nitrogens is 1. The molecule has 0 atom stereocenters. The van der Waals surface area contributed by atoms with Gasteiger partial charge in [0.05, 0.1) is 0 Å². The summed E-state index contributed by atoms with van der Waals surface area (Å²) in [6.07, 6.45) is 3.44. The highest BCUT2D eigenvalue weighted by molar-refractivity contribution is 6.30. The third kappa shape index (κ3) is 2.56. The van der Waals surface area contributed by atoms with Crippen molar-refractivity contribution in [3.8, 4) is 0 Å². The van der Waals surface area contributed by atoms with Crippen LogP contribution in [0.25, 0.3) is 0 Å². The van der Waals surface area contributed by atoms with Crippen molar-refractivity contribution in [2.75, 3.05) is 0 Å². The van der Waals surface area contributed by atoms with E-state index in [2.05, 4.69) is 9.97 Å². The van der Waals surface area contributed by atoms with Crippen LogP contribution in [0.3, 0.4) is 0 Å². The van der Waals surface area contributed by atoms with E-state index in [0.29, 0.717) is 15.9 Å². The van der Waals surface area contributed by atoms with Gasteiger partial charge in [0.1, 0.15) is 11.4 Å². The average molecular weight is 318 g/mol. The van der Waals surface area contributed by atoms with Gasteiger partial charge in [-0.05, 0) is 35.4 Å². The van der Waals surface area contributed by atoms with Crippen LogP contribution in [-0.2, 0) is 5.54 Å². The van der Waals surface area contributed by atoms with Crippen molar-refractivity contribution >= 4 is 23.2 Å². The van der Waals surface area contributed by atoms with Gasteiger partial charge >= 0.3 is 0 Å². The van der Waals surface area contributed by atoms with Gasteiger partial charge in [-0.2, -0.15) is 0 Å². The molecule has 0 saturated heterocycles. The molecular formula is C16H13Cl2N3. The lowest BCUT2D eigenvalue weighted by molar-refractivity contribution is 0.610. The Balaban J connectivity index is 2.20. The summed E-state index contributed by atoms with van der Waals surface area (Å²) in [6, 6.07) is 14.9. The van der Waals surface area contributed by atoms with E-state index in [0.717, 1.165) is 11.1 Å². The lowest BCUT2D eigenvalue weighted by atomic mass is 9.83. The molecule has 106 valence electrons. The zero-order valence-corrected chi connectivity index (χ0v) is 12.6. The molecule has 0 spiro atoms. The van der Waals surface area contributed by atoms with Gasteiger partial charge in [0.15, 0.2) is 0 Å². The monoisotopic (exact) mass is 317 g/mol. The number of nitrogens with two attached hydrogens (primary N) is 1. The van der Waals surface area contributed by atoms with E-state index in [1.165, 1.54) is 0 Å². The second-order valence-corrected chi connectivity index (χ2v) is 5.63. The van der Waals surface area contributed by atoms with Crippen molar-refractivity contribution in [1.82, 2.24) is 9.97 Å². The van der Waals surface area contributed by atoms with E-state index in [9.17, 15) is 0 Å². The van der Waals surface area contributed by atoms with Gasteiger partial charge in [0.2, 0.25) is 0 Å². The molecular weight excluding hydrogens is 305 g/mol. The smallest absolute Gasteiger partial charge is 0.135 e. The van der Waals surface area contributed by atoms with Crippen molar-refractivity contribution in [3.05, 3.63) is 87.9 Å². The van der Waals surface area contributed by atoms with Gasteiger partial charge in [0.25, 0.3) is 0 Å². The Morgan fingerprint density at radius 1 is 0.857 bits per heavy atom. The second-order valence-electron chi connectivity index (χ2n) is 4.76. The van der Waals surface area contributed by atoms with Gasteiger partial charge in [0, 0.05) is 22.4 Å². The third-order valence-corrected chi connectivity index (χ3v) is 3.97. The predicted octanol–water partition coefficient (Wildman–Crippen LogP) is 3.97. The van der Waals surface area contributed by atoms with Crippen LogP contribution < -0.4 is 5.73 Å². The molecule has 5 heteroatoms. The second kappa shape index (κ2) is 5.53. The van der Waals surface area contributed by atoms with Crippen LogP contribution in [0, 0.1) is 0 Å². The third-order valence-electron chi connectivity index (χ3n) is 3.47. The highest BCUT2D eigenvalue weighted by Gasteiger charge is 2.34. The Morgan fingerprint density at radius 2 is 1.33 bits per heavy atom. The summed E-state index contributed by atoms with van der Waals surface area (Å²) < 4.78 is 0. The fourth-order valence-electron chi connectivity index (χ4n) is 2.35. The van der Waals surface area contributed by atoms with Crippen LogP contribution in [0.4, 0.5) is 0 Å². The Bertz CT molecular complexity index is 674. The van der Waals surface area contributed by atoms with Crippen molar-refractivity contribution in [2.24, 2.45) is 5.73 Å². The lowest BCUT2D eigenvalue weighted by Gasteiger charge is -2.29. The minimum absolute atomic E-state index is 0.659. The van der Waals surface area contributed by atoms with Crippen LogP contribution in [-0.4, -0.2) is 9.97 Å². The lowest BCUT2D eigenvalue weighted by Crippen LogP contribution is -2.40. The number of hydrogen-bond donors (Lipinski definition) is 2. The molecule has 0 aliphatic carbocycles. The van der Waals surface area contributed by atoms with Crippen molar-refractivity contribution in [2.45, 2.75) is 5.54 Å². The van der Waals surface area contributed by atoms with Gasteiger partial charge in [-0.3, -0.25) is 0 Å². The zero-order valence-electron chi connectivity index (χ0n) is 11.1. The van der Waals surface area contributed by atoms with E-state index in [1.807, 2.05) is 48.5 Å². The number of aromatic nitrogens is 2. The Hall–Kier alpha value is -1.81. The standard InChI is InChI=1S/C16H13Cl2N3/c17-13-5-1-11(2-6-13)16(19,15-20-9-10-21-15)12-3-7-14(18)8-4-12/h1-10H,19H2,(H,20,21). The van der Waals surface area contributed by atoms with Gasteiger partial charge in [-0.25, -0.2) is 4.98 Å². The summed E-state index contributed by atoms with van der Waals surface area (Å²) in [5, 5.41) is 1.33.